The van der Waals surface area contributed by atoms with E-state index in [9.17, 15) is 18.0 Å². The van der Waals surface area contributed by atoms with Crippen LogP contribution in [0.5, 0.6) is 0 Å². The van der Waals surface area contributed by atoms with Crippen LogP contribution in [-0.4, -0.2) is 36.7 Å². The van der Waals surface area contributed by atoms with Gasteiger partial charge in [0.1, 0.15) is 5.76 Å². The molecule has 1 aromatic rings. The number of halogens is 3. The summed E-state index contributed by atoms with van der Waals surface area (Å²) in [5, 5.41) is 0. The maximum absolute atomic E-state index is 13.1. The van der Waals surface area contributed by atoms with Gasteiger partial charge in [-0.05, 0) is 55.2 Å². The molecule has 0 saturated carbocycles. The molecule has 29 heavy (non-hydrogen) atoms. The highest BCUT2D eigenvalue weighted by molar-refractivity contribution is 5.77. The maximum atomic E-state index is 13.1. The third kappa shape index (κ3) is 3.69. The number of fused-ring (bicyclic) bond motifs is 2. The molecule has 0 N–H and O–H groups in total. The summed E-state index contributed by atoms with van der Waals surface area (Å²) in [6.45, 7) is 3.16. The minimum atomic E-state index is -4.42. The van der Waals surface area contributed by atoms with Gasteiger partial charge in [0.15, 0.2) is 6.61 Å². The van der Waals surface area contributed by atoms with Crippen molar-refractivity contribution in [2.45, 2.75) is 50.6 Å². The van der Waals surface area contributed by atoms with Gasteiger partial charge in [-0.3, -0.25) is 4.79 Å². The predicted molar refractivity (Wildman–Crippen MR) is 104 cm³/mol. The minimum absolute atomic E-state index is 0.103. The van der Waals surface area contributed by atoms with Crippen molar-refractivity contribution in [2.24, 2.45) is 5.92 Å². The van der Waals surface area contributed by atoms with Crippen LogP contribution in [0, 0.1) is 5.92 Å². The van der Waals surface area contributed by atoms with Crippen molar-refractivity contribution in [2.75, 3.05) is 19.7 Å². The highest BCUT2D eigenvalue weighted by atomic mass is 19.4. The van der Waals surface area contributed by atoms with Crippen LogP contribution in [0.1, 0.15) is 43.7 Å². The molecular formula is C23H26F3NO2. The van der Waals surface area contributed by atoms with Crippen LogP contribution >= 0.6 is 0 Å². The number of amides is 1. The Morgan fingerprint density at radius 1 is 1.24 bits per heavy atom. The van der Waals surface area contributed by atoms with Crippen molar-refractivity contribution < 1.29 is 22.7 Å². The monoisotopic (exact) mass is 405 g/mol. The number of hydrogen-bond donors (Lipinski definition) is 0. The molecule has 1 fully saturated rings. The molecule has 1 aliphatic heterocycles. The Morgan fingerprint density at radius 3 is 2.69 bits per heavy atom. The Hall–Kier alpha value is -2.24. The molecule has 1 atom stereocenters. The van der Waals surface area contributed by atoms with Gasteiger partial charge in [-0.25, -0.2) is 0 Å². The molecule has 0 bridgehead atoms. The van der Waals surface area contributed by atoms with E-state index in [1.807, 2.05) is 0 Å². The summed E-state index contributed by atoms with van der Waals surface area (Å²) in [6.07, 6.45) is 1.62. The zero-order valence-corrected chi connectivity index (χ0v) is 16.6. The zero-order valence-electron chi connectivity index (χ0n) is 16.6. The van der Waals surface area contributed by atoms with Crippen LogP contribution in [0.3, 0.4) is 0 Å². The maximum Gasteiger partial charge on any atom is 0.416 e. The summed E-state index contributed by atoms with van der Waals surface area (Å²) in [7, 11) is 0. The summed E-state index contributed by atoms with van der Waals surface area (Å²) in [5.74, 6) is 0.0657. The van der Waals surface area contributed by atoms with Gasteiger partial charge in [-0.15, -0.1) is 0 Å². The molecule has 1 spiro atoms. The first-order valence-corrected chi connectivity index (χ1v) is 10.3. The Kier molecular flexibility index (Phi) is 5.21. The lowest BCUT2D eigenvalue weighted by atomic mass is 9.69. The summed E-state index contributed by atoms with van der Waals surface area (Å²) in [4.78, 5) is 14.3. The molecule has 1 aromatic carbocycles. The Bertz CT molecular complexity index is 848. The van der Waals surface area contributed by atoms with Gasteiger partial charge in [0.05, 0.1) is 5.57 Å². The van der Waals surface area contributed by atoms with Crippen molar-refractivity contribution in [1.29, 1.82) is 0 Å². The summed E-state index contributed by atoms with van der Waals surface area (Å²) >= 11 is 0. The fourth-order valence-electron chi connectivity index (χ4n) is 5.18. The first-order valence-electron chi connectivity index (χ1n) is 10.3. The van der Waals surface area contributed by atoms with E-state index in [0.717, 1.165) is 19.3 Å². The number of nitrogens with zero attached hydrogens (tertiary/aromatic N) is 1. The number of benzene rings is 1. The molecule has 0 radical (unpaired) electrons. The molecule has 2 aliphatic carbocycles. The Morgan fingerprint density at radius 2 is 1.97 bits per heavy atom. The third-order valence-corrected chi connectivity index (χ3v) is 6.85. The van der Waals surface area contributed by atoms with E-state index in [0.29, 0.717) is 25.4 Å². The molecule has 1 saturated heterocycles. The van der Waals surface area contributed by atoms with E-state index >= 15 is 0 Å². The lowest BCUT2D eigenvalue weighted by Crippen LogP contribution is -2.47. The van der Waals surface area contributed by atoms with Gasteiger partial charge in [0.25, 0.3) is 5.91 Å². The van der Waals surface area contributed by atoms with Crippen LogP contribution in [0.2, 0.25) is 0 Å². The third-order valence-electron chi connectivity index (χ3n) is 6.85. The SMILES string of the molecule is CC1Cc2ccccc2C12CCN(C(=O)COC1=C(C(F)(F)F)CCC=C1)CC2. The molecular weight excluding hydrogens is 379 g/mol. The fourth-order valence-corrected chi connectivity index (χ4v) is 5.18. The number of carbonyl (C=O) groups is 1. The first-order chi connectivity index (χ1) is 13.8. The lowest BCUT2D eigenvalue weighted by molar-refractivity contribution is -0.137. The standard InChI is InChI=1S/C23H26F3NO2/c1-16-14-17-6-2-3-7-18(17)22(16)10-12-27(13-11-22)21(28)15-29-20-9-5-4-8-19(20)23(24,25)26/h2-3,5-7,9,16H,4,8,10-15H2,1H3. The van der Waals surface area contributed by atoms with Crippen molar-refractivity contribution >= 4 is 5.91 Å². The zero-order chi connectivity index (χ0) is 20.6. The molecule has 1 amide bonds. The number of rotatable bonds is 3. The quantitative estimate of drug-likeness (QED) is 0.714. The number of ether oxygens (including phenoxy) is 1. The molecule has 1 unspecified atom stereocenters. The lowest BCUT2D eigenvalue weighted by Gasteiger charge is -2.43. The number of likely N-dealkylation sites (tertiary alicyclic amines) is 1. The van der Waals surface area contributed by atoms with Gasteiger partial charge in [0.2, 0.25) is 0 Å². The molecule has 0 aromatic heterocycles. The van der Waals surface area contributed by atoms with E-state index in [-0.39, 0.29) is 30.1 Å². The van der Waals surface area contributed by atoms with E-state index < -0.39 is 11.7 Å². The van der Waals surface area contributed by atoms with Crippen molar-refractivity contribution in [3.05, 3.63) is 58.9 Å². The van der Waals surface area contributed by atoms with Crippen LogP contribution in [-0.2, 0) is 21.4 Å². The second kappa shape index (κ2) is 7.54. The highest BCUT2D eigenvalue weighted by Crippen LogP contribution is 2.49. The predicted octanol–water partition coefficient (Wildman–Crippen LogP) is 4.92. The number of piperidine rings is 1. The molecule has 4 rings (SSSR count). The number of alkyl halides is 3. The smallest absolute Gasteiger partial charge is 0.416 e. The topological polar surface area (TPSA) is 29.5 Å². The molecule has 156 valence electrons. The number of allylic oxidation sites excluding steroid dienone is 3. The largest absolute Gasteiger partial charge is 0.483 e. The van der Waals surface area contributed by atoms with Gasteiger partial charge >= 0.3 is 6.18 Å². The average molecular weight is 405 g/mol. The van der Waals surface area contributed by atoms with E-state index in [4.69, 9.17) is 4.74 Å². The van der Waals surface area contributed by atoms with Crippen LogP contribution in [0.4, 0.5) is 13.2 Å². The molecule has 3 nitrogen and oxygen atoms in total. The summed E-state index contributed by atoms with van der Waals surface area (Å²) in [6, 6.07) is 8.55. The van der Waals surface area contributed by atoms with Gasteiger partial charge < -0.3 is 9.64 Å². The minimum Gasteiger partial charge on any atom is -0.483 e. The average Bonchev–Trinajstić information content (AvgIpc) is 2.98. The normalized spacial score (nSPS) is 23.4. The Balaban J connectivity index is 1.39. The van der Waals surface area contributed by atoms with E-state index in [1.165, 1.54) is 17.2 Å². The fraction of sp³-hybridized carbons (Fsp3) is 0.522. The van der Waals surface area contributed by atoms with Gasteiger partial charge in [0, 0.05) is 18.5 Å². The van der Waals surface area contributed by atoms with Crippen LogP contribution < -0.4 is 0 Å². The molecule has 6 heteroatoms. The number of hydrogen-bond acceptors (Lipinski definition) is 2. The summed E-state index contributed by atoms with van der Waals surface area (Å²) < 4.78 is 44.7. The molecule has 3 aliphatic rings. The van der Waals surface area contributed by atoms with Crippen LogP contribution in [0.15, 0.2) is 47.7 Å². The first kappa shape index (κ1) is 20.0. The molecule has 1 heterocycles. The number of carbonyl (C=O) groups excluding carboxylic acids is 1. The Labute approximate surface area is 169 Å². The van der Waals surface area contributed by atoms with E-state index in [2.05, 4.69) is 31.2 Å². The van der Waals surface area contributed by atoms with E-state index in [1.54, 1.807) is 11.0 Å². The van der Waals surface area contributed by atoms with Crippen LogP contribution in [0.25, 0.3) is 0 Å². The van der Waals surface area contributed by atoms with Gasteiger partial charge in [-0.1, -0.05) is 37.3 Å². The van der Waals surface area contributed by atoms with Crippen molar-refractivity contribution in [3.63, 3.8) is 0 Å². The van der Waals surface area contributed by atoms with Crippen molar-refractivity contribution in [1.82, 2.24) is 4.90 Å². The second-order valence-electron chi connectivity index (χ2n) is 8.37. The second-order valence-corrected chi connectivity index (χ2v) is 8.37. The highest BCUT2D eigenvalue weighted by Gasteiger charge is 2.46. The van der Waals surface area contributed by atoms with Crippen molar-refractivity contribution in [3.8, 4) is 0 Å². The van der Waals surface area contributed by atoms with Gasteiger partial charge in [-0.2, -0.15) is 13.2 Å². The summed E-state index contributed by atoms with van der Waals surface area (Å²) in [5.41, 5.74) is 2.23.